The normalized spacial score (nSPS) is 25.9. The molecule has 2 amide bonds. The maximum Gasteiger partial charge on any atom is 0.416 e. The van der Waals surface area contributed by atoms with E-state index in [-0.39, 0.29) is 29.9 Å². The quantitative estimate of drug-likeness (QED) is 0.627. The molecule has 3 heterocycles. The van der Waals surface area contributed by atoms with Crippen LogP contribution in [0.3, 0.4) is 0 Å². The molecule has 2 saturated heterocycles. The van der Waals surface area contributed by atoms with Gasteiger partial charge in [0.15, 0.2) is 0 Å². The van der Waals surface area contributed by atoms with Crippen molar-refractivity contribution >= 4 is 28.5 Å². The van der Waals surface area contributed by atoms with Gasteiger partial charge in [0.25, 0.3) is 0 Å². The molecule has 1 aromatic carbocycles. The van der Waals surface area contributed by atoms with Crippen molar-refractivity contribution in [3.63, 3.8) is 0 Å². The third kappa shape index (κ3) is 5.11. The van der Waals surface area contributed by atoms with Crippen molar-refractivity contribution in [1.82, 2.24) is 20.2 Å². The molecule has 2 aromatic rings. The van der Waals surface area contributed by atoms with Crippen molar-refractivity contribution < 1.29 is 22.8 Å². The van der Waals surface area contributed by atoms with E-state index in [9.17, 15) is 22.8 Å². The number of primary amides is 1. The summed E-state index contributed by atoms with van der Waals surface area (Å²) in [5.41, 5.74) is 5.11. The number of piperidine rings is 1. The van der Waals surface area contributed by atoms with Gasteiger partial charge >= 0.3 is 6.18 Å². The number of benzene rings is 1. The van der Waals surface area contributed by atoms with Crippen LogP contribution in [0.5, 0.6) is 0 Å². The molecule has 1 unspecified atom stereocenters. The Hall–Kier alpha value is -2.95. The summed E-state index contributed by atoms with van der Waals surface area (Å²) in [6.45, 7) is 1.25. The minimum absolute atomic E-state index is 0.0829. The SMILES string of the molecule is NC(=O)CN(c1ncnc2ccc(C(F)(F)F)cc12)C1CN(C2CCC(C3CCCC(=O)N3)CC2)C1. The summed E-state index contributed by atoms with van der Waals surface area (Å²) >= 11 is 0. The Bertz CT molecular complexity index is 1130. The predicted molar refractivity (Wildman–Crippen MR) is 128 cm³/mol. The summed E-state index contributed by atoms with van der Waals surface area (Å²) in [5, 5.41) is 3.41. The molecule has 2 aliphatic heterocycles. The Morgan fingerprint density at radius 2 is 1.89 bits per heavy atom. The molecule has 1 saturated carbocycles. The van der Waals surface area contributed by atoms with Crippen LogP contribution in [-0.2, 0) is 15.8 Å². The third-order valence-electron chi connectivity index (χ3n) is 7.96. The summed E-state index contributed by atoms with van der Waals surface area (Å²) in [6, 6.07) is 3.99. The molecule has 1 atom stereocenters. The number of fused-ring (bicyclic) bond motifs is 1. The molecule has 3 aliphatic rings. The molecule has 11 heteroatoms. The van der Waals surface area contributed by atoms with Crippen LogP contribution in [0.1, 0.15) is 50.5 Å². The Morgan fingerprint density at radius 3 is 2.56 bits per heavy atom. The fourth-order valence-corrected chi connectivity index (χ4v) is 6.03. The van der Waals surface area contributed by atoms with Crippen molar-refractivity contribution in [3.05, 3.63) is 30.1 Å². The lowest BCUT2D eigenvalue weighted by Gasteiger charge is -2.51. The van der Waals surface area contributed by atoms with Gasteiger partial charge in [-0.2, -0.15) is 13.2 Å². The summed E-state index contributed by atoms with van der Waals surface area (Å²) in [4.78, 5) is 36.2. The molecule has 0 radical (unpaired) electrons. The van der Waals surface area contributed by atoms with Crippen LogP contribution in [-0.4, -0.2) is 64.4 Å². The van der Waals surface area contributed by atoms with Gasteiger partial charge in [-0.1, -0.05) is 0 Å². The summed E-state index contributed by atoms with van der Waals surface area (Å²) in [5.74, 6) is 0.408. The Balaban J connectivity index is 1.27. The summed E-state index contributed by atoms with van der Waals surface area (Å²) in [7, 11) is 0. The standard InChI is InChI=1S/C25H31F3N6O2/c26-25(27,28)16-6-9-21-19(10-16)24(31-14-30-21)34(13-22(29)35)18-11-33(12-18)17-7-4-15(5-8-17)20-2-1-3-23(36)32-20/h6,9-10,14-15,17-18,20H,1-5,7-8,11-13H2,(H2,29,35)(H,32,36). The largest absolute Gasteiger partial charge is 0.416 e. The number of alkyl halides is 3. The zero-order valence-electron chi connectivity index (χ0n) is 20.0. The molecule has 8 nitrogen and oxygen atoms in total. The van der Waals surface area contributed by atoms with Crippen molar-refractivity contribution in [2.45, 2.75) is 69.2 Å². The van der Waals surface area contributed by atoms with Gasteiger partial charge in [0.2, 0.25) is 11.8 Å². The number of likely N-dealkylation sites (tertiary alicyclic amines) is 1. The highest BCUT2D eigenvalue weighted by Crippen LogP contribution is 2.37. The van der Waals surface area contributed by atoms with Crippen molar-refractivity contribution in [2.24, 2.45) is 11.7 Å². The number of halogens is 3. The topological polar surface area (TPSA) is 104 Å². The molecule has 3 fully saturated rings. The molecule has 3 N–H and O–H groups in total. The van der Waals surface area contributed by atoms with E-state index in [1.165, 1.54) is 12.4 Å². The fraction of sp³-hybridized carbons (Fsp3) is 0.600. The van der Waals surface area contributed by atoms with E-state index in [1.54, 1.807) is 4.90 Å². The van der Waals surface area contributed by atoms with Crippen LogP contribution in [0, 0.1) is 5.92 Å². The molecule has 0 bridgehead atoms. The molecule has 1 aliphatic carbocycles. The van der Waals surface area contributed by atoms with E-state index >= 15 is 0 Å². The number of amides is 2. The minimum Gasteiger partial charge on any atom is -0.368 e. The van der Waals surface area contributed by atoms with E-state index in [1.807, 2.05) is 0 Å². The number of nitrogens with one attached hydrogen (secondary N) is 1. The van der Waals surface area contributed by atoms with Crippen LogP contribution in [0.15, 0.2) is 24.5 Å². The molecule has 0 spiro atoms. The first kappa shape index (κ1) is 24.7. The van der Waals surface area contributed by atoms with Gasteiger partial charge in [-0.15, -0.1) is 0 Å². The lowest BCUT2D eigenvalue weighted by Crippen LogP contribution is -2.64. The average Bonchev–Trinajstić information content (AvgIpc) is 2.81. The zero-order chi connectivity index (χ0) is 25.4. The van der Waals surface area contributed by atoms with Gasteiger partial charge in [-0.25, -0.2) is 9.97 Å². The first-order valence-electron chi connectivity index (χ1n) is 12.6. The van der Waals surface area contributed by atoms with Crippen LogP contribution in [0.4, 0.5) is 19.0 Å². The van der Waals surface area contributed by atoms with E-state index in [0.29, 0.717) is 42.8 Å². The van der Waals surface area contributed by atoms with Gasteiger partial charge in [-0.3, -0.25) is 14.5 Å². The summed E-state index contributed by atoms with van der Waals surface area (Å²) < 4.78 is 40.1. The van der Waals surface area contributed by atoms with Gasteiger partial charge < -0.3 is 16.0 Å². The van der Waals surface area contributed by atoms with Gasteiger partial charge in [0, 0.05) is 37.0 Å². The highest BCUT2D eigenvalue weighted by Gasteiger charge is 2.40. The third-order valence-corrected chi connectivity index (χ3v) is 7.96. The van der Waals surface area contributed by atoms with E-state index in [4.69, 9.17) is 5.73 Å². The van der Waals surface area contributed by atoms with Gasteiger partial charge in [0.1, 0.15) is 12.1 Å². The number of aromatic nitrogens is 2. The first-order chi connectivity index (χ1) is 17.2. The van der Waals surface area contributed by atoms with Gasteiger partial charge in [0.05, 0.1) is 23.7 Å². The van der Waals surface area contributed by atoms with Crippen molar-refractivity contribution in [3.8, 4) is 0 Å². The molecular formula is C25H31F3N6O2. The Kier molecular flexibility index (Phi) is 6.76. The van der Waals surface area contributed by atoms with Crippen LogP contribution >= 0.6 is 0 Å². The number of carbonyl (C=O) groups excluding carboxylic acids is 2. The van der Waals surface area contributed by atoms with E-state index < -0.39 is 17.6 Å². The molecule has 5 rings (SSSR count). The maximum atomic E-state index is 13.4. The van der Waals surface area contributed by atoms with Crippen LogP contribution < -0.4 is 16.0 Å². The summed E-state index contributed by atoms with van der Waals surface area (Å²) in [6.07, 6.45) is 3.68. The number of carbonyl (C=O) groups is 2. The maximum absolute atomic E-state index is 13.4. The smallest absolute Gasteiger partial charge is 0.368 e. The Morgan fingerprint density at radius 1 is 1.14 bits per heavy atom. The van der Waals surface area contributed by atoms with Crippen LogP contribution in [0.2, 0.25) is 0 Å². The monoisotopic (exact) mass is 504 g/mol. The number of rotatable bonds is 6. The highest BCUT2D eigenvalue weighted by molar-refractivity contribution is 5.92. The highest BCUT2D eigenvalue weighted by atomic mass is 19.4. The van der Waals surface area contributed by atoms with E-state index in [2.05, 4.69) is 20.2 Å². The molecular weight excluding hydrogens is 473 g/mol. The fourth-order valence-electron chi connectivity index (χ4n) is 6.03. The first-order valence-corrected chi connectivity index (χ1v) is 12.6. The molecule has 1 aromatic heterocycles. The predicted octanol–water partition coefficient (Wildman–Crippen LogP) is 2.85. The van der Waals surface area contributed by atoms with Crippen LogP contribution in [0.25, 0.3) is 10.9 Å². The Labute approximate surface area is 207 Å². The lowest BCUT2D eigenvalue weighted by molar-refractivity contribution is -0.137. The molecule has 194 valence electrons. The number of nitrogens with zero attached hydrogens (tertiary/aromatic N) is 4. The lowest BCUT2D eigenvalue weighted by atomic mass is 9.78. The number of hydrogen-bond acceptors (Lipinski definition) is 6. The second kappa shape index (κ2) is 9.84. The number of hydrogen-bond donors (Lipinski definition) is 2. The minimum atomic E-state index is -4.50. The zero-order valence-corrected chi connectivity index (χ0v) is 20.0. The van der Waals surface area contributed by atoms with E-state index in [0.717, 1.165) is 50.7 Å². The van der Waals surface area contributed by atoms with Crippen molar-refractivity contribution in [2.75, 3.05) is 24.5 Å². The second-order valence-corrected chi connectivity index (χ2v) is 10.3. The number of anilines is 1. The molecule has 36 heavy (non-hydrogen) atoms. The average molecular weight is 505 g/mol. The second-order valence-electron chi connectivity index (χ2n) is 10.3. The van der Waals surface area contributed by atoms with Crippen molar-refractivity contribution in [1.29, 1.82) is 0 Å². The van der Waals surface area contributed by atoms with Gasteiger partial charge in [-0.05, 0) is 62.6 Å². The number of nitrogens with two attached hydrogens (primary N) is 1.